The monoisotopic (exact) mass is 1200 g/mol. The molecule has 1 rings (SSSR count). The zero-order chi connectivity index (χ0) is 61.7. The van der Waals surface area contributed by atoms with E-state index in [0.717, 1.165) is 77.0 Å². The molecule has 1 heterocycles. The van der Waals surface area contributed by atoms with Gasteiger partial charge in [0.05, 0.1) is 25.4 Å². The fourth-order valence-corrected chi connectivity index (χ4v) is 11.2. The lowest BCUT2D eigenvalue weighted by atomic mass is 9.99. The molecule has 0 bridgehead atoms. The highest BCUT2D eigenvalue weighted by molar-refractivity contribution is 5.80. The van der Waals surface area contributed by atoms with Gasteiger partial charge in [-0.2, -0.15) is 0 Å². The molecule has 1 aliphatic rings. The van der Waals surface area contributed by atoms with Gasteiger partial charge in [0.25, 0.3) is 0 Å². The van der Waals surface area contributed by atoms with E-state index in [4.69, 9.17) is 14.2 Å². The molecular formula is C74H135NO10. The summed E-state index contributed by atoms with van der Waals surface area (Å²) in [5.74, 6) is -1.19. The first kappa shape index (κ1) is 80.4. The zero-order valence-corrected chi connectivity index (χ0v) is 55.2. The summed E-state index contributed by atoms with van der Waals surface area (Å²) in [5, 5.41) is 57.2. The van der Waals surface area contributed by atoms with Gasteiger partial charge in [-0.05, 0) is 89.9 Å². The van der Waals surface area contributed by atoms with Gasteiger partial charge in [0, 0.05) is 6.42 Å². The van der Waals surface area contributed by atoms with Crippen LogP contribution in [0.25, 0.3) is 0 Å². The Balaban J connectivity index is 2.52. The van der Waals surface area contributed by atoms with Gasteiger partial charge in [-0.1, -0.05) is 300 Å². The molecule has 0 aromatic carbocycles. The molecule has 0 saturated carbocycles. The minimum atomic E-state index is -1.61. The van der Waals surface area contributed by atoms with E-state index in [1.165, 1.54) is 212 Å². The van der Waals surface area contributed by atoms with Crippen LogP contribution in [0.15, 0.2) is 60.8 Å². The molecular weight excluding hydrogens is 1060 g/mol. The highest BCUT2D eigenvalue weighted by Gasteiger charge is 2.47. The van der Waals surface area contributed by atoms with Crippen LogP contribution < -0.4 is 5.32 Å². The molecule has 0 spiro atoms. The van der Waals surface area contributed by atoms with E-state index >= 15 is 0 Å². The molecule has 0 aromatic rings. The summed E-state index contributed by atoms with van der Waals surface area (Å²) < 4.78 is 17.7. The first-order valence-corrected chi connectivity index (χ1v) is 36.1. The van der Waals surface area contributed by atoms with Gasteiger partial charge in [-0.25, -0.2) is 0 Å². The number of allylic oxidation sites excluding steroid dienone is 9. The van der Waals surface area contributed by atoms with Gasteiger partial charge in [0.15, 0.2) is 12.4 Å². The Hall–Kier alpha value is -2.64. The molecule has 8 unspecified atom stereocenters. The molecule has 8 atom stereocenters. The lowest BCUT2D eigenvalue weighted by molar-refractivity contribution is -0.305. The number of hydrogen-bond donors (Lipinski definition) is 6. The van der Waals surface area contributed by atoms with Gasteiger partial charge in [-0.15, -0.1) is 0 Å². The normalized spacial score (nSPS) is 18.7. The molecule has 6 N–H and O–H groups in total. The highest BCUT2D eigenvalue weighted by atomic mass is 16.7. The zero-order valence-electron chi connectivity index (χ0n) is 55.2. The third-order valence-electron chi connectivity index (χ3n) is 16.9. The van der Waals surface area contributed by atoms with E-state index in [0.29, 0.717) is 12.8 Å². The molecule has 85 heavy (non-hydrogen) atoms. The summed E-state index contributed by atoms with van der Waals surface area (Å²) in [7, 11) is 0. The number of aliphatic hydroxyl groups is 5. The number of carbonyl (C=O) groups excluding carboxylic acids is 2. The smallest absolute Gasteiger partial charge is 0.306 e. The van der Waals surface area contributed by atoms with E-state index in [1.54, 1.807) is 6.08 Å². The number of ether oxygens (including phenoxy) is 3. The van der Waals surface area contributed by atoms with Crippen molar-refractivity contribution in [3.63, 3.8) is 0 Å². The average Bonchev–Trinajstić information content (AvgIpc) is 2.92. The number of hydrogen-bond acceptors (Lipinski definition) is 10. The SMILES string of the molecule is CCCCC/C=C\C/C=C\C/C=C\CCCCCCCCCCCCCCCCC(=O)OC1C(OCC(NC(=O)C(O)CCCCCCCCCC/C=C/CCCCCCCC)C(O)/C=C/CCCCCCCCCCC)OC(CO)C(O)C1O. The summed E-state index contributed by atoms with van der Waals surface area (Å²) in [6.45, 7) is 5.79. The van der Waals surface area contributed by atoms with Crippen molar-refractivity contribution in [3.05, 3.63) is 60.8 Å². The van der Waals surface area contributed by atoms with E-state index in [-0.39, 0.29) is 19.4 Å². The molecule has 0 radical (unpaired) electrons. The van der Waals surface area contributed by atoms with Crippen LogP contribution in [-0.4, -0.2) is 99.6 Å². The molecule has 1 amide bonds. The molecule has 11 nitrogen and oxygen atoms in total. The molecule has 0 aliphatic carbocycles. The maximum atomic E-state index is 13.5. The van der Waals surface area contributed by atoms with Crippen molar-refractivity contribution < 1.29 is 49.3 Å². The van der Waals surface area contributed by atoms with Crippen LogP contribution in [0.1, 0.15) is 335 Å². The Morgan fingerprint density at radius 3 is 1.25 bits per heavy atom. The van der Waals surface area contributed by atoms with Gasteiger partial charge in [-0.3, -0.25) is 9.59 Å². The molecule has 1 aliphatic heterocycles. The van der Waals surface area contributed by atoms with Gasteiger partial charge < -0.3 is 45.1 Å². The number of nitrogens with one attached hydrogen (secondary N) is 1. The first-order chi connectivity index (χ1) is 41.7. The van der Waals surface area contributed by atoms with Crippen LogP contribution in [0.2, 0.25) is 0 Å². The topological polar surface area (TPSA) is 175 Å². The van der Waals surface area contributed by atoms with Crippen LogP contribution in [0.4, 0.5) is 0 Å². The number of amides is 1. The summed E-state index contributed by atoms with van der Waals surface area (Å²) in [4.78, 5) is 26.7. The van der Waals surface area contributed by atoms with Crippen LogP contribution in [-0.2, 0) is 23.8 Å². The quantitative estimate of drug-likeness (QED) is 0.0195. The maximum Gasteiger partial charge on any atom is 0.306 e. The van der Waals surface area contributed by atoms with Crippen molar-refractivity contribution in [2.75, 3.05) is 13.2 Å². The van der Waals surface area contributed by atoms with Crippen molar-refractivity contribution >= 4 is 11.9 Å². The van der Waals surface area contributed by atoms with Gasteiger partial charge >= 0.3 is 5.97 Å². The highest BCUT2D eigenvalue weighted by Crippen LogP contribution is 2.26. The van der Waals surface area contributed by atoms with Gasteiger partial charge in [0.2, 0.25) is 5.91 Å². The van der Waals surface area contributed by atoms with Crippen molar-refractivity contribution in [2.24, 2.45) is 0 Å². The lowest BCUT2D eigenvalue weighted by Gasteiger charge is -2.41. The van der Waals surface area contributed by atoms with Gasteiger partial charge in [0.1, 0.15) is 24.4 Å². The fourth-order valence-electron chi connectivity index (χ4n) is 11.2. The van der Waals surface area contributed by atoms with Crippen LogP contribution >= 0.6 is 0 Å². The summed E-state index contributed by atoms with van der Waals surface area (Å²) in [6, 6.07) is -1.03. The molecule has 11 heteroatoms. The minimum absolute atomic E-state index is 0.123. The van der Waals surface area contributed by atoms with Crippen molar-refractivity contribution in [3.8, 4) is 0 Å². The number of aliphatic hydroxyl groups excluding tert-OH is 5. The summed E-state index contributed by atoms with van der Waals surface area (Å²) >= 11 is 0. The number of esters is 1. The third-order valence-corrected chi connectivity index (χ3v) is 16.9. The Labute approximate surface area is 522 Å². The molecule has 0 aromatic heterocycles. The first-order valence-electron chi connectivity index (χ1n) is 36.1. The standard InChI is InChI=1S/C74H135NO10/c1-4-7-10-13-16-19-22-24-26-28-30-31-32-33-34-35-36-37-38-40-42-44-47-50-53-56-59-62-69(79)85-72-71(81)70(80)68(63-76)84-74(72)83-64-65(66(77)60-57-54-51-48-45-21-18-15-12-9-6-3)75-73(82)67(78)61-58-55-52-49-46-43-41-39-29-27-25-23-20-17-14-11-8-5-2/h16,19,24-27,30-31,57,60,65-68,70-72,74,76-78,80-81H,4-15,17-18,20-23,28-29,32-56,58-59,61-64H2,1-3H3,(H,75,82)/b19-16-,26-24-,27-25+,31-30-,60-57+. The molecule has 496 valence electrons. The molecule has 1 saturated heterocycles. The van der Waals surface area contributed by atoms with Crippen LogP contribution in [0.3, 0.4) is 0 Å². The third kappa shape index (κ3) is 48.9. The Bertz CT molecular complexity index is 1620. The van der Waals surface area contributed by atoms with E-state index in [1.807, 2.05) is 6.08 Å². The predicted molar refractivity (Wildman–Crippen MR) is 356 cm³/mol. The van der Waals surface area contributed by atoms with E-state index in [2.05, 4.69) is 74.7 Å². The van der Waals surface area contributed by atoms with Crippen LogP contribution in [0.5, 0.6) is 0 Å². The van der Waals surface area contributed by atoms with Crippen LogP contribution in [0, 0.1) is 0 Å². The second kappa shape index (κ2) is 61.6. The minimum Gasteiger partial charge on any atom is -0.454 e. The number of carbonyl (C=O) groups is 2. The number of rotatable bonds is 62. The average molecular weight is 1200 g/mol. The molecule has 1 fully saturated rings. The second-order valence-electron chi connectivity index (χ2n) is 25.0. The lowest BCUT2D eigenvalue weighted by Crippen LogP contribution is -2.61. The Morgan fingerprint density at radius 2 is 0.812 bits per heavy atom. The number of unbranched alkanes of at least 4 members (excludes halogenated alkanes) is 40. The second-order valence-corrected chi connectivity index (χ2v) is 25.0. The van der Waals surface area contributed by atoms with Crippen molar-refractivity contribution in [1.29, 1.82) is 0 Å². The largest absolute Gasteiger partial charge is 0.454 e. The summed E-state index contributed by atoms with van der Waals surface area (Å²) in [5.41, 5.74) is 0. The maximum absolute atomic E-state index is 13.5. The Morgan fingerprint density at radius 1 is 0.459 bits per heavy atom. The van der Waals surface area contributed by atoms with Crippen molar-refractivity contribution in [2.45, 2.75) is 384 Å². The van der Waals surface area contributed by atoms with E-state index in [9.17, 15) is 35.1 Å². The summed E-state index contributed by atoms with van der Waals surface area (Å²) in [6.07, 6.45) is 68.4. The predicted octanol–water partition coefficient (Wildman–Crippen LogP) is 18.5. The Kier molecular flexibility index (Phi) is 58.2. The van der Waals surface area contributed by atoms with Crippen molar-refractivity contribution in [1.82, 2.24) is 5.32 Å². The fraction of sp³-hybridized carbons (Fsp3) is 0.838. The van der Waals surface area contributed by atoms with E-state index < -0.39 is 67.4 Å².